The minimum absolute atomic E-state index is 0.0867. The number of furan rings is 1. The highest BCUT2D eigenvalue weighted by Crippen LogP contribution is 2.27. The lowest BCUT2D eigenvalue weighted by molar-refractivity contribution is -0.125. The lowest BCUT2D eigenvalue weighted by Crippen LogP contribution is -2.40. The number of amides is 1. The number of fused-ring (bicyclic) bond motifs is 1. The van der Waals surface area contributed by atoms with Gasteiger partial charge in [0.25, 0.3) is 0 Å². The molecule has 0 radical (unpaired) electrons. The van der Waals surface area contributed by atoms with Crippen LogP contribution in [0.1, 0.15) is 26.5 Å². The molecule has 1 aromatic carbocycles. The van der Waals surface area contributed by atoms with Gasteiger partial charge in [0, 0.05) is 11.3 Å². The van der Waals surface area contributed by atoms with Gasteiger partial charge in [0.1, 0.15) is 16.9 Å². The van der Waals surface area contributed by atoms with Crippen LogP contribution in [0.3, 0.4) is 0 Å². The zero-order valence-electron chi connectivity index (χ0n) is 11.4. The molecular formula is C15H19NO3. The number of benzene rings is 1. The van der Waals surface area contributed by atoms with Crippen LogP contribution in [0.5, 0.6) is 0 Å². The first kappa shape index (κ1) is 13.6. The van der Waals surface area contributed by atoms with Crippen molar-refractivity contribution in [2.75, 3.05) is 6.54 Å². The monoisotopic (exact) mass is 261 g/mol. The van der Waals surface area contributed by atoms with Crippen molar-refractivity contribution < 1.29 is 14.3 Å². The van der Waals surface area contributed by atoms with Gasteiger partial charge < -0.3 is 14.8 Å². The van der Waals surface area contributed by atoms with Crippen LogP contribution >= 0.6 is 0 Å². The van der Waals surface area contributed by atoms with Crippen LogP contribution < -0.4 is 5.32 Å². The van der Waals surface area contributed by atoms with E-state index in [9.17, 15) is 9.90 Å². The molecule has 2 rings (SSSR count). The van der Waals surface area contributed by atoms with Gasteiger partial charge in [-0.1, -0.05) is 32.0 Å². The Hall–Kier alpha value is -1.81. The van der Waals surface area contributed by atoms with E-state index in [4.69, 9.17) is 4.42 Å². The van der Waals surface area contributed by atoms with Crippen LogP contribution in [-0.4, -0.2) is 17.6 Å². The first-order chi connectivity index (χ1) is 8.90. The molecule has 1 amide bonds. The summed E-state index contributed by atoms with van der Waals surface area (Å²) < 4.78 is 5.62. The lowest BCUT2D eigenvalue weighted by Gasteiger charge is -2.21. The first-order valence-corrected chi connectivity index (χ1v) is 6.39. The van der Waals surface area contributed by atoms with Crippen LogP contribution in [0.4, 0.5) is 0 Å². The average Bonchev–Trinajstić information content (AvgIpc) is 2.80. The van der Waals surface area contributed by atoms with E-state index >= 15 is 0 Å². The van der Waals surface area contributed by atoms with Gasteiger partial charge in [-0.15, -0.1) is 0 Å². The van der Waals surface area contributed by atoms with Gasteiger partial charge in [0.15, 0.2) is 0 Å². The molecule has 19 heavy (non-hydrogen) atoms. The van der Waals surface area contributed by atoms with E-state index in [-0.39, 0.29) is 18.4 Å². The molecule has 1 heterocycles. The maximum Gasteiger partial charge on any atom is 0.222 e. The third kappa shape index (κ3) is 2.96. The lowest BCUT2D eigenvalue weighted by atomic mass is 10.0. The summed E-state index contributed by atoms with van der Waals surface area (Å²) in [6, 6.07) is 9.37. The standard InChI is InChI=1S/C15H19NO3/c1-10(2)14(17)16-9-15(3,18)13-8-11-6-4-5-7-12(11)19-13/h4-8,10,18H,9H2,1-3H3,(H,16,17). The molecule has 0 aliphatic rings. The predicted octanol–water partition coefficient (Wildman–Crippen LogP) is 2.41. The summed E-state index contributed by atoms with van der Waals surface area (Å²) in [5, 5.41) is 14.1. The average molecular weight is 261 g/mol. The highest BCUT2D eigenvalue weighted by molar-refractivity contribution is 5.79. The van der Waals surface area contributed by atoms with Crippen LogP contribution in [-0.2, 0) is 10.4 Å². The number of carbonyl (C=O) groups excluding carboxylic acids is 1. The molecule has 0 bridgehead atoms. The SMILES string of the molecule is CC(C)C(=O)NCC(C)(O)c1cc2ccccc2o1. The Bertz CT molecular complexity index is 551. The molecule has 1 unspecified atom stereocenters. The molecule has 1 atom stereocenters. The Balaban J connectivity index is 2.16. The number of aliphatic hydroxyl groups is 1. The molecule has 4 heteroatoms. The van der Waals surface area contributed by atoms with E-state index in [0.717, 1.165) is 11.0 Å². The maximum atomic E-state index is 11.5. The maximum absolute atomic E-state index is 11.5. The molecule has 2 N–H and O–H groups in total. The van der Waals surface area contributed by atoms with Crippen molar-refractivity contribution in [1.29, 1.82) is 0 Å². The molecule has 0 fully saturated rings. The zero-order chi connectivity index (χ0) is 14.0. The molecule has 1 aromatic heterocycles. The van der Waals surface area contributed by atoms with Gasteiger partial charge >= 0.3 is 0 Å². The van der Waals surface area contributed by atoms with Crippen molar-refractivity contribution in [1.82, 2.24) is 5.32 Å². The fourth-order valence-corrected chi connectivity index (χ4v) is 1.80. The van der Waals surface area contributed by atoms with Gasteiger partial charge in [-0.25, -0.2) is 0 Å². The molecule has 0 aliphatic carbocycles. The second-order valence-electron chi connectivity index (χ2n) is 5.29. The first-order valence-electron chi connectivity index (χ1n) is 6.39. The van der Waals surface area contributed by atoms with Gasteiger partial charge in [0.2, 0.25) is 5.91 Å². The fourth-order valence-electron chi connectivity index (χ4n) is 1.80. The summed E-state index contributed by atoms with van der Waals surface area (Å²) in [6.07, 6.45) is 0. The zero-order valence-corrected chi connectivity index (χ0v) is 11.4. The van der Waals surface area contributed by atoms with Crippen molar-refractivity contribution >= 4 is 16.9 Å². The summed E-state index contributed by atoms with van der Waals surface area (Å²) in [7, 11) is 0. The van der Waals surface area contributed by atoms with E-state index in [1.165, 1.54) is 0 Å². The molecule has 0 spiro atoms. The number of hydrogen-bond donors (Lipinski definition) is 2. The van der Waals surface area contributed by atoms with Crippen molar-refractivity contribution in [2.45, 2.75) is 26.4 Å². The third-order valence-electron chi connectivity index (χ3n) is 3.09. The Labute approximate surface area is 112 Å². The Morgan fingerprint density at radius 1 is 1.42 bits per heavy atom. The van der Waals surface area contributed by atoms with Crippen molar-refractivity contribution in [3.05, 3.63) is 36.1 Å². The Kier molecular flexibility index (Phi) is 3.62. The largest absolute Gasteiger partial charge is 0.458 e. The third-order valence-corrected chi connectivity index (χ3v) is 3.09. The van der Waals surface area contributed by atoms with E-state index in [1.54, 1.807) is 13.0 Å². The summed E-state index contributed by atoms with van der Waals surface area (Å²) in [5.74, 6) is 0.264. The molecule has 102 valence electrons. The normalized spacial score (nSPS) is 14.6. The minimum Gasteiger partial charge on any atom is -0.458 e. The highest BCUT2D eigenvalue weighted by Gasteiger charge is 2.28. The quantitative estimate of drug-likeness (QED) is 0.888. The topological polar surface area (TPSA) is 62.5 Å². The predicted molar refractivity (Wildman–Crippen MR) is 73.6 cm³/mol. The number of nitrogens with one attached hydrogen (secondary N) is 1. The molecule has 4 nitrogen and oxygen atoms in total. The number of para-hydroxylation sites is 1. The molecule has 0 saturated carbocycles. The second kappa shape index (κ2) is 5.05. The van der Waals surface area contributed by atoms with Crippen LogP contribution in [0.25, 0.3) is 11.0 Å². The number of rotatable bonds is 4. The summed E-state index contributed by atoms with van der Waals surface area (Å²) in [6.45, 7) is 5.38. The second-order valence-corrected chi connectivity index (χ2v) is 5.29. The number of carbonyl (C=O) groups is 1. The fraction of sp³-hybridized carbons (Fsp3) is 0.400. The summed E-state index contributed by atoms with van der Waals surface area (Å²) >= 11 is 0. The molecular weight excluding hydrogens is 242 g/mol. The van der Waals surface area contributed by atoms with E-state index in [0.29, 0.717) is 5.76 Å². The minimum atomic E-state index is -1.22. The van der Waals surface area contributed by atoms with E-state index in [2.05, 4.69) is 5.32 Å². The van der Waals surface area contributed by atoms with E-state index < -0.39 is 5.60 Å². The van der Waals surface area contributed by atoms with E-state index in [1.807, 2.05) is 38.1 Å². The molecule has 0 aliphatic heterocycles. The number of hydrogen-bond acceptors (Lipinski definition) is 3. The van der Waals surface area contributed by atoms with Crippen LogP contribution in [0.2, 0.25) is 0 Å². The Morgan fingerprint density at radius 3 is 2.74 bits per heavy atom. The van der Waals surface area contributed by atoms with Crippen LogP contribution in [0.15, 0.2) is 34.7 Å². The van der Waals surface area contributed by atoms with Crippen LogP contribution in [0, 0.1) is 5.92 Å². The summed E-state index contributed by atoms with van der Waals surface area (Å²) in [4.78, 5) is 11.5. The molecule has 2 aromatic rings. The summed E-state index contributed by atoms with van der Waals surface area (Å²) in [5.41, 5.74) is -0.489. The smallest absolute Gasteiger partial charge is 0.222 e. The Morgan fingerprint density at radius 2 is 2.11 bits per heavy atom. The molecule has 0 saturated heterocycles. The van der Waals surface area contributed by atoms with Crippen molar-refractivity contribution in [3.63, 3.8) is 0 Å². The van der Waals surface area contributed by atoms with Gasteiger partial charge in [-0.2, -0.15) is 0 Å². The van der Waals surface area contributed by atoms with Crippen molar-refractivity contribution in [3.8, 4) is 0 Å². The van der Waals surface area contributed by atoms with Crippen molar-refractivity contribution in [2.24, 2.45) is 5.92 Å². The highest BCUT2D eigenvalue weighted by atomic mass is 16.4. The van der Waals surface area contributed by atoms with Gasteiger partial charge in [0.05, 0.1) is 6.54 Å². The van der Waals surface area contributed by atoms with Gasteiger partial charge in [-0.3, -0.25) is 4.79 Å². The van der Waals surface area contributed by atoms with Gasteiger partial charge in [-0.05, 0) is 19.1 Å².